The summed E-state index contributed by atoms with van der Waals surface area (Å²) in [5, 5.41) is 2.07. The molecule has 0 bridgehead atoms. The summed E-state index contributed by atoms with van der Waals surface area (Å²) in [6.07, 6.45) is 5.81. The summed E-state index contributed by atoms with van der Waals surface area (Å²) in [6.45, 7) is 3.15. The second-order valence-electron chi connectivity index (χ2n) is 8.95. The molecule has 4 heterocycles. The number of aromatic nitrogens is 2. The Morgan fingerprint density at radius 3 is 2.41 bits per heavy atom. The van der Waals surface area contributed by atoms with Gasteiger partial charge in [-0.15, -0.1) is 42.0 Å². The number of pyridine rings is 2. The molecule has 1 radical (unpaired) electrons. The molecule has 0 aliphatic carbocycles. The predicted molar refractivity (Wildman–Crippen MR) is 151 cm³/mol. The molecule has 0 amide bonds. The number of furan rings is 1. The van der Waals surface area contributed by atoms with Gasteiger partial charge in [0, 0.05) is 56.4 Å². The van der Waals surface area contributed by atoms with Crippen molar-refractivity contribution in [3.63, 3.8) is 0 Å². The molecule has 7 rings (SSSR count). The standard InChI is InChI=1S/C22H18N3O.C11H8N.Ir/c1-2-3-14-24-15-25(19-11-5-4-10-18(19)24)20-12-6-8-16-17-9-7-13-23-22(17)26-21(16)20;1-2-6-10(7-3-1)11-8-4-5-9-12-11;/h4-11,13H,2-3,14H2,1H3;1-6,8-9H;/q+1;-1;. The zero-order valence-corrected chi connectivity index (χ0v) is 23.9. The van der Waals surface area contributed by atoms with E-state index in [1.807, 2.05) is 66.7 Å². The molecule has 0 unspecified atom stereocenters. The van der Waals surface area contributed by atoms with Crippen LogP contribution in [0.3, 0.4) is 0 Å². The van der Waals surface area contributed by atoms with Gasteiger partial charge in [0.25, 0.3) is 11.4 Å². The minimum Gasteiger partial charge on any atom is -0.495 e. The maximum absolute atomic E-state index is 6.08. The Kier molecular flexibility index (Phi) is 8.19. The fourth-order valence-electron chi connectivity index (χ4n) is 4.57. The van der Waals surface area contributed by atoms with E-state index in [2.05, 4.69) is 68.4 Å². The minimum absolute atomic E-state index is 0. The summed E-state index contributed by atoms with van der Waals surface area (Å²) in [4.78, 5) is 8.57. The van der Waals surface area contributed by atoms with Gasteiger partial charge in [-0.1, -0.05) is 52.1 Å². The number of hydrogen-bond donors (Lipinski definition) is 0. The van der Waals surface area contributed by atoms with Crippen molar-refractivity contribution < 1.29 is 29.1 Å². The van der Waals surface area contributed by atoms with Crippen LogP contribution >= 0.6 is 0 Å². The van der Waals surface area contributed by atoms with Crippen molar-refractivity contribution in [3.8, 4) is 11.3 Å². The second kappa shape index (κ2) is 12.1. The fourth-order valence-corrected chi connectivity index (χ4v) is 4.57. The minimum atomic E-state index is 0. The van der Waals surface area contributed by atoms with Crippen LogP contribution in [0.25, 0.3) is 33.3 Å². The van der Waals surface area contributed by atoms with Crippen LogP contribution in [0.1, 0.15) is 19.8 Å². The third-order valence-electron chi connectivity index (χ3n) is 6.43. The first-order valence-electron chi connectivity index (χ1n) is 12.8. The van der Waals surface area contributed by atoms with Gasteiger partial charge < -0.3 is 9.40 Å². The Labute approximate surface area is 241 Å². The molecule has 3 aromatic heterocycles. The van der Waals surface area contributed by atoms with Crippen molar-refractivity contribution >= 4 is 45.1 Å². The SMILES string of the molecule is CCCC[N+]1=C=[N+](c2[c-]ccc3c2oc2ncccc23)c2ccccc21.[Ir].[c-]1ccccc1-c1ccccn1. The van der Waals surface area contributed by atoms with Gasteiger partial charge in [0.15, 0.2) is 12.2 Å². The van der Waals surface area contributed by atoms with Crippen molar-refractivity contribution in [2.75, 3.05) is 6.54 Å². The van der Waals surface area contributed by atoms with Gasteiger partial charge in [-0.25, -0.2) is 4.98 Å². The van der Waals surface area contributed by atoms with Gasteiger partial charge in [0.2, 0.25) is 5.71 Å². The Hall–Kier alpha value is -4.21. The molecule has 0 spiro atoms. The third-order valence-corrected chi connectivity index (χ3v) is 6.43. The molecule has 1 aliphatic heterocycles. The summed E-state index contributed by atoms with van der Waals surface area (Å²) in [5.41, 5.74) is 6.59. The first-order valence-corrected chi connectivity index (χ1v) is 12.8. The molecule has 193 valence electrons. The van der Waals surface area contributed by atoms with Gasteiger partial charge in [-0.05, 0) is 23.9 Å². The van der Waals surface area contributed by atoms with E-state index in [0.29, 0.717) is 5.71 Å². The summed E-state index contributed by atoms with van der Waals surface area (Å²) in [6, 6.07) is 40.0. The third kappa shape index (κ3) is 5.36. The van der Waals surface area contributed by atoms with Crippen molar-refractivity contribution in [1.82, 2.24) is 14.5 Å². The van der Waals surface area contributed by atoms with Crippen molar-refractivity contribution in [1.29, 1.82) is 0 Å². The van der Waals surface area contributed by atoms with E-state index in [4.69, 9.17) is 4.42 Å². The number of fused-ring (bicyclic) bond motifs is 4. The van der Waals surface area contributed by atoms with E-state index in [9.17, 15) is 0 Å². The molecule has 5 nitrogen and oxygen atoms in total. The predicted octanol–water partition coefficient (Wildman–Crippen LogP) is 7.79. The molecule has 3 aromatic carbocycles. The molecule has 0 atom stereocenters. The maximum Gasteiger partial charge on any atom is 0.494 e. The smallest absolute Gasteiger partial charge is 0.494 e. The quantitative estimate of drug-likeness (QED) is 0.137. The molecule has 0 N–H and O–H groups in total. The largest absolute Gasteiger partial charge is 0.495 e. The van der Waals surface area contributed by atoms with Crippen molar-refractivity contribution in [3.05, 3.63) is 116 Å². The van der Waals surface area contributed by atoms with E-state index in [0.717, 1.165) is 58.4 Å². The Morgan fingerprint density at radius 1 is 0.795 bits per heavy atom. The van der Waals surface area contributed by atoms with Gasteiger partial charge in [-0.2, -0.15) is 12.1 Å². The van der Waals surface area contributed by atoms with Gasteiger partial charge in [-0.3, -0.25) is 0 Å². The molecule has 6 aromatic rings. The summed E-state index contributed by atoms with van der Waals surface area (Å²) >= 11 is 0. The first kappa shape index (κ1) is 26.4. The second-order valence-corrected chi connectivity index (χ2v) is 8.95. The van der Waals surface area contributed by atoms with E-state index in [-0.39, 0.29) is 20.1 Å². The fraction of sp³-hybridized carbons (Fsp3) is 0.121. The van der Waals surface area contributed by atoms with Crippen molar-refractivity contribution in [2.24, 2.45) is 0 Å². The number of para-hydroxylation sites is 2. The van der Waals surface area contributed by atoms with Crippen LogP contribution in [0.4, 0.5) is 17.1 Å². The van der Waals surface area contributed by atoms with Crippen molar-refractivity contribution in [2.45, 2.75) is 19.8 Å². The van der Waals surface area contributed by atoms with Crippen LogP contribution in [-0.2, 0) is 20.1 Å². The molecule has 0 fully saturated rings. The topological polar surface area (TPSA) is 44.9 Å². The van der Waals surface area contributed by atoms with Gasteiger partial charge >= 0.3 is 6.01 Å². The Morgan fingerprint density at radius 2 is 1.62 bits per heavy atom. The van der Waals surface area contributed by atoms with E-state index < -0.39 is 0 Å². The Balaban J connectivity index is 0.000000200. The zero-order valence-electron chi connectivity index (χ0n) is 21.5. The normalized spacial score (nSPS) is 11.7. The van der Waals surface area contributed by atoms with Gasteiger partial charge in [0.1, 0.15) is 0 Å². The van der Waals surface area contributed by atoms with Crippen LogP contribution in [0.2, 0.25) is 0 Å². The average molecular weight is 687 g/mol. The van der Waals surface area contributed by atoms with Crippen LogP contribution in [0.15, 0.2) is 108 Å². The summed E-state index contributed by atoms with van der Waals surface area (Å²) in [5.74, 6) is 0. The van der Waals surface area contributed by atoms with E-state index in [1.165, 1.54) is 5.69 Å². The molecule has 39 heavy (non-hydrogen) atoms. The van der Waals surface area contributed by atoms with Crippen LogP contribution in [-0.4, -0.2) is 27.1 Å². The van der Waals surface area contributed by atoms with E-state index in [1.54, 1.807) is 12.4 Å². The molecular formula is C33H26IrN4O. The maximum atomic E-state index is 6.08. The summed E-state index contributed by atoms with van der Waals surface area (Å²) in [7, 11) is 0. The van der Waals surface area contributed by atoms with Crippen LogP contribution in [0, 0.1) is 12.1 Å². The zero-order chi connectivity index (χ0) is 25.7. The number of benzene rings is 3. The summed E-state index contributed by atoms with van der Waals surface area (Å²) < 4.78 is 10.3. The molecule has 1 aliphatic rings. The molecular weight excluding hydrogens is 661 g/mol. The van der Waals surface area contributed by atoms with E-state index >= 15 is 0 Å². The number of rotatable bonds is 5. The van der Waals surface area contributed by atoms with Gasteiger partial charge in [0.05, 0.1) is 5.58 Å². The number of unbranched alkanes of at least 4 members (excludes halogenated alkanes) is 1. The monoisotopic (exact) mass is 687 g/mol. The number of nitrogens with zero attached hydrogens (tertiary/aromatic N) is 4. The van der Waals surface area contributed by atoms with Crippen LogP contribution < -0.4 is 4.58 Å². The molecule has 0 saturated heterocycles. The first-order chi connectivity index (χ1) is 18.8. The number of hydrogen-bond acceptors (Lipinski definition) is 3. The van der Waals surface area contributed by atoms with Crippen LogP contribution in [0.5, 0.6) is 0 Å². The Bertz CT molecular complexity index is 1750. The average Bonchev–Trinajstić information content (AvgIpc) is 3.56. The molecule has 6 heteroatoms. The molecule has 0 saturated carbocycles.